The number of ketones is 1. The van der Waals surface area contributed by atoms with Crippen molar-refractivity contribution in [2.45, 2.75) is 6.92 Å². The largest absolute Gasteiger partial charge is 0.477 e. The van der Waals surface area contributed by atoms with Gasteiger partial charge < -0.3 is 9.67 Å². The Morgan fingerprint density at radius 2 is 1.65 bits per heavy atom. The maximum absolute atomic E-state index is 11.8. The number of aromatic nitrogens is 1. The first-order chi connectivity index (χ1) is 12.4. The molecule has 0 unspecified atom stereocenters. The molecule has 128 valence electrons. The van der Waals surface area contributed by atoms with Gasteiger partial charge in [0, 0.05) is 24.4 Å². The van der Waals surface area contributed by atoms with Crippen molar-refractivity contribution >= 4 is 17.4 Å². The summed E-state index contributed by atoms with van der Waals surface area (Å²) < 4.78 is 1.45. The smallest absolute Gasteiger partial charge is 0.351 e. The quantitative estimate of drug-likeness (QED) is 0.545. The summed E-state index contributed by atoms with van der Waals surface area (Å²) in [7, 11) is 1.61. The van der Waals surface area contributed by atoms with E-state index in [0.717, 1.165) is 11.1 Å². The van der Waals surface area contributed by atoms with Gasteiger partial charge in [0.05, 0.1) is 6.57 Å². The van der Waals surface area contributed by atoms with E-state index in [0.29, 0.717) is 22.4 Å². The summed E-state index contributed by atoms with van der Waals surface area (Å²) >= 11 is 0. The fraction of sp³-hybridized carbons (Fsp3) is 0.0952. The third kappa shape index (κ3) is 2.89. The van der Waals surface area contributed by atoms with E-state index in [9.17, 15) is 14.7 Å². The molecule has 0 saturated carbocycles. The predicted molar refractivity (Wildman–Crippen MR) is 99.5 cm³/mol. The Kier molecular flexibility index (Phi) is 4.42. The predicted octanol–water partition coefficient (Wildman–Crippen LogP) is 4.81. The van der Waals surface area contributed by atoms with Crippen molar-refractivity contribution in [1.82, 2.24) is 4.57 Å². The minimum Gasteiger partial charge on any atom is -0.477 e. The Labute approximate surface area is 151 Å². The average molecular weight is 344 g/mol. The molecule has 0 radical (unpaired) electrons. The number of carbonyl (C=O) groups excluding carboxylic acids is 1. The molecule has 0 aliphatic heterocycles. The Bertz CT molecular complexity index is 1050. The first kappa shape index (κ1) is 17.2. The molecule has 0 amide bonds. The van der Waals surface area contributed by atoms with E-state index in [2.05, 4.69) is 4.85 Å². The van der Waals surface area contributed by atoms with Crippen molar-refractivity contribution < 1.29 is 14.7 Å². The van der Waals surface area contributed by atoms with Gasteiger partial charge in [0.2, 0.25) is 5.69 Å². The number of carbonyl (C=O) groups is 2. The van der Waals surface area contributed by atoms with Gasteiger partial charge in [-0.05, 0) is 23.6 Å². The molecule has 0 atom stereocenters. The van der Waals surface area contributed by atoms with E-state index in [-0.39, 0.29) is 11.5 Å². The van der Waals surface area contributed by atoms with E-state index in [1.54, 1.807) is 25.2 Å². The molecule has 1 aromatic heterocycles. The first-order valence-electron chi connectivity index (χ1n) is 7.95. The Balaban J connectivity index is 2.12. The summed E-state index contributed by atoms with van der Waals surface area (Å²) in [6.07, 6.45) is 1.52. The van der Waals surface area contributed by atoms with Gasteiger partial charge in [-0.25, -0.2) is 9.64 Å². The minimum atomic E-state index is -1.08. The molecular weight excluding hydrogens is 328 g/mol. The molecule has 3 rings (SSSR count). The lowest BCUT2D eigenvalue weighted by molar-refractivity contribution is 0.0687. The molecule has 1 heterocycles. The molecule has 0 saturated heterocycles. The molecule has 0 aliphatic rings. The second-order valence-corrected chi connectivity index (χ2v) is 5.94. The topological polar surface area (TPSA) is 63.7 Å². The molecule has 3 aromatic rings. The fourth-order valence-electron chi connectivity index (χ4n) is 3.10. The highest BCUT2D eigenvalue weighted by atomic mass is 16.4. The van der Waals surface area contributed by atoms with Gasteiger partial charge in [0.25, 0.3) is 0 Å². The summed E-state index contributed by atoms with van der Waals surface area (Å²) in [5, 5.41) is 9.49. The lowest BCUT2D eigenvalue weighted by Gasteiger charge is -2.09. The van der Waals surface area contributed by atoms with E-state index in [4.69, 9.17) is 6.57 Å². The summed E-state index contributed by atoms with van der Waals surface area (Å²) in [6.45, 7) is 8.84. The van der Waals surface area contributed by atoms with Crippen LogP contribution in [0.15, 0.2) is 54.7 Å². The van der Waals surface area contributed by atoms with E-state index in [1.165, 1.54) is 17.7 Å². The maximum Gasteiger partial charge on any atom is 0.351 e. The highest BCUT2D eigenvalue weighted by Crippen LogP contribution is 2.36. The van der Waals surface area contributed by atoms with E-state index >= 15 is 0 Å². The van der Waals surface area contributed by atoms with Crippen molar-refractivity contribution in [1.29, 1.82) is 0 Å². The first-order valence-corrected chi connectivity index (χ1v) is 7.95. The molecular formula is C21H16N2O3. The molecule has 5 heteroatoms. The molecule has 0 aliphatic carbocycles. The van der Waals surface area contributed by atoms with Crippen molar-refractivity contribution in [3.8, 4) is 22.3 Å². The van der Waals surface area contributed by atoms with Gasteiger partial charge in [-0.3, -0.25) is 4.79 Å². The van der Waals surface area contributed by atoms with Crippen LogP contribution in [0.25, 0.3) is 27.1 Å². The van der Waals surface area contributed by atoms with Gasteiger partial charge in [-0.15, -0.1) is 0 Å². The van der Waals surface area contributed by atoms with E-state index in [1.807, 2.05) is 30.3 Å². The van der Waals surface area contributed by atoms with Crippen LogP contribution < -0.4 is 0 Å². The van der Waals surface area contributed by atoms with Crippen LogP contribution in [0.3, 0.4) is 0 Å². The number of Topliss-reactive ketones (excluding diaryl/α,β-unsaturated/α-hetero) is 1. The van der Waals surface area contributed by atoms with Crippen molar-refractivity contribution in [2.75, 3.05) is 0 Å². The number of benzene rings is 2. The average Bonchev–Trinajstić information content (AvgIpc) is 2.98. The lowest BCUT2D eigenvalue weighted by Crippen LogP contribution is -2.05. The normalized spacial score (nSPS) is 10.3. The van der Waals surface area contributed by atoms with Gasteiger partial charge in [-0.2, -0.15) is 0 Å². The number of aryl methyl sites for hydroxylation is 1. The van der Waals surface area contributed by atoms with Gasteiger partial charge in [0.15, 0.2) is 5.78 Å². The second-order valence-electron chi connectivity index (χ2n) is 5.94. The molecule has 26 heavy (non-hydrogen) atoms. The number of nitrogens with zero attached hydrogens (tertiary/aromatic N) is 2. The van der Waals surface area contributed by atoms with Crippen LogP contribution in [0, 0.1) is 6.57 Å². The third-order valence-corrected chi connectivity index (χ3v) is 4.28. The summed E-state index contributed by atoms with van der Waals surface area (Å²) in [4.78, 5) is 26.9. The third-order valence-electron chi connectivity index (χ3n) is 4.28. The van der Waals surface area contributed by atoms with Crippen molar-refractivity contribution in [3.05, 3.63) is 77.4 Å². The standard InChI is InChI=1S/C21H16N2O3/c1-13(24)16-6-4-5-7-17(16)14-8-10-15(11-9-14)19-18(22-2)12-23(3)20(19)21(25)26/h4-12H,1,3H3,(H,25,26). The van der Waals surface area contributed by atoms with Gasteiger partial charge in [-0.1, -0.05) is 48.5 Å². The number of hydrogen-bond acceptors (Lipinski definition) is 2. The van der Waals surface area contributed by atoms with Crippen LogP contribution in [0.1, 0.15) is 27.8 Å². The maximum atomic E-state index is 11.8. The Morgan fingerprint density at radius 1 is 1.04 bits per heavy atom. The highest BCUT2D eigenvalue weighted by molar-refractivity contribution is 6.02. The number of carboxylic acids is 1. The molecule has 0 spiro atoms. The number of rotatable bonds is 4. The SMILES string of the molecule is [C-]#[N+]c1cn(C)c(C(=O)O)c1-c1ccc(-c2ccccc2C(C)=O)cc1. The van der Waals surface area contributed by atoms with Crippen LogP contribution in [-0.4, -0.2) is 21.4 Å². The second kappa shape index (κ2) is 6.69. The monoisotopic (exact) mass is 344 g/mol. The van der Waals surface area contributed by atoms with E-state index < -0.39 is 5.97 Å². The fourth-order valence-corrected chi connectivity index (χ4v) is 3.10. The molecule has 5 nitrogen and oxygen atoms in total. The lowest BCUT2D eigenvalue weighted by atomic mass is 9.95. The van der Waals surface area contributed by atoms with Crippen LogP contribution in [0.4, 0.5) is 5.69 Å². The molecule has 0 fully saturated rings. The Morgan fingerprint density at radius 3 is 2.23 bits per heavy atom. The van der Waals surface area contributed by atoms with Crippen molar-refractivity contribution in [3.63, 3.8) is 0 Å². The zero-order valence-corrected chi connectivity index (χ0v) is 14.4. The molecule has 0 bridgehead atoms. The zero-order chi connectivity index (χ0) is 18.8. The number of aromatic carboxylic acids is 1. The molecule has 2 aromatic carbocycles. The van der Waals surface area contributed by atoms with Crippen LogP contribution in [-0.2, 0) is 7.05 Å². The van der Waals surface area contributed by atoms with Gasteiger partial charge in [0.1, 0.15) is 5.69 Å². The number of carboxylic acid groups (broad SMARTS) is 1. The van der Waals surface area contributed by atoms with Gasteiger partial charge >= 0.3 is 5.97 Å². The zero-order valence-electron chi connectivity index (χ0n) is 14.4. The summed E-state index contributed by atoms with van der Waals surface area (Å²) in [5.74, 6) is -1.10. The molecule has 1 N–H and O–H groups in total. The van der Waals surface area contributed by atoms with Crippen LogP contribution in [0.5, 0.6) is 0 Å². The summed E-state index contributed by atoms with van der Waals surface area (Å²) in [5.41, 5.74) is 3.74. The van der Waals surface area contributed by atoms with Crippen LogP contribution in [0.2, 0.25) is 0 Å². The summed E-state index contributed by atoms with van der Waals surface area (Å²) in [6, 6.07) is 14.6. The minimum absolute atomic E-state index is 0.0174. The number of hydrogen-bond donors (Lipinski definition) is 1. The highest BCUT2D eigenvalue weighted by Gasteiger charge is 2.21. The van der Waals surface area contributed by atoms with Crippen molar-refractivity contribution in [2.24, 2.45) is 7.05 Å². The van der Waals surface area contributed by atoms with Crippen LogP contribution >= 0.6 is 0 Å². The Hall–Kier alpha value is -3.65.